The van der Waals surface area contributed by atoms with Gasteiger partial charge in [-0.2, -0.15) is 0 Å². The summed E-state index contributed by atoms with van der Waals surface area (Å²) in [7, 11) is 0. The number of rotatable bonds is 2. The van der Waals surface area contributed by atoms with Crippen LogP contribution in [0.2, 0.25) is 0 Å². The number of carboxylic acids is 1. The fraction of sp³-hybridized carbons (Fsp3) is 0.909. The third-order valence-corrected chi connectivity index (χ3v) is 9.05. The fourth-order valence-corrected chi connectivity index (χ4v) is 8.78. The Labute approximate surface area is 156 Å². The normalized spacial score (nSPS) is 52.5. The van der Waals surface area contributed by atoms with E-state index in [9.17, 15) is 14.7 Å². The van der Waals surface area contributed by atoms with Crippen LogP contribution in [0.5, 0.6) is 0 Å². The van der Waals surface area contributed by atoms with Gasteiger partial charge in [-0.1, -0.05) is 0 Å². The summed E-state index contributed by atoms with van der Waals surface area (Å²) in [5, 5.41) is 9.28. The van der Waals surface area contributed by atoms with Crippen LogP contribution in [0, 0.1) is 46.3 Å². The van der Waals surface area contributed by atoms with Gasteiger partial charge in [0.25, 0.3) is 0 Å². The van der Waals surface area contributed by atoms with Crippen molar-refractivity contribution in [1.29, 1.82) is 0 Å². The van der Waals surface area contributed by atoms with Crippen LogP contribution in [0.3, 0.4) is 0 Å². The number of carbonyl (C=O) groups excluding carboxylic acids is 1. The number of amides is 1. The first-order valence-corrected chi connectivity index (χ1v) is 10.9. The van der Waals surface area contributed by atoms with Crippen LogP contribution >= 0.6 is 0 Å². The molecule has 0 aromatic heterocycles. The standard InChI is InChI=1S/C11H17NO.C11H16O2/c2*12-10(13)11-4-7-1-8(5-11)3-9(2-7)6-11/h7-9H,1-6H2,(H2,12,13);7-9H,1-6H2,(H,12,13). The van der Waals surface area contributed by atoms with Gasteiger partial charge in [0.05, 0.1) is 5.41 Å². The molecule has 0 saturated heterocycles. The summed E-state index contributed by atoms with van der Waals surface area (Å²) in [5.74, 6) is 4.24. The second-order valence-electron chi connectivity index (χ2n) is 11.1. The van der Waals surface area contributed by atoms with Crippen LogP contribution in [0.15, 0.2) is 0 Å². The van der Waals surface area contributed by atoms with Crippen molar-refractivity contribution in [2.24, 2.45) is 52.1 Å². The van der Waals surface area contributed by atoms with E-state index in [0.717, 1.165) is 74.0 Å². The number of nitrogens with two attached hydrogens (primary N) is 1. The highest BCUT2D eigenvalue weighted by atomic mass is 16.4. The third kappa shape index (κ3) is 2.62. The summed E-state index contributed by atoms with van der Waals surface area (Å²) < 4.78 is 0. The van der Waals surface area contributed by atoms with Crippen molar-refractivity contribution in [1.82, 2.24) is 0 Å². The molecule has 0 atom stereocenters. The molecule has 0 aromatic carbocycles. The quantitative estimate of drug-likeness (QED) is 0.782. The highest BCUT2D eigenvalue weighted by molar-refractivity contribution is 5.81. The minimum Gasteiger partial charge on any atom is -0.481 e. The van der Waals surface area contributed by atoms with Crippen LogP contribution in [0.4, 0.5) is 0 Å². The van der Waals surface area contributed by atoms with Crippen molar-refractivity contribution in [3.05, 3.63) is 0 Å². The highest BCUT2D eigenvalue weighted by Gasteiger charge is 2.55. The molecule has 8 aliphatic carbocycles. The number of hydrogen-bond donors (Lipinski definition) is 2. The van der Waals surface area contributed by atoms with Crippen LogP contribution in [0.25, 0.3) is 0 Å². The van der Waals surface area contributed by atoms with Crippen molar-refractivity contribution < 1.29 is 14.7 Å². The van der Waals surface area contributed by atoms with Crippen LogP contribution in [0.1, 0.15) is 77.0 Å². The first-order chi connectivity index (χ1) is 12.4. The molecule has 3 N–H and O–H groups in total. The van der Waals surface area contributed by atoms with Gasteiger partial charge >= 0.3 is 5.97 Å². The monoisotopic (exact) mass is 359 g/mol. The molecule has 0 aliphatic heterocycles. The Hall–Kier alpha value is -1.06. The molecule has 1 amide bonds. The molecule has 0 aromatic rings. The smallest absolute Gasteiger partial charge is 0.309 e. The van der Waals surface area contributed by atoms with E-state index in [1.165, 1.54) is 38.5 Å². The summed E-state index contributed by atoms with van der Waals surface area (Å²) in [6.07, 6.45) is 14.4. The molecule has 8 rings (SSSR count). The van der Waals surface area contributed by atoms with Gasteiger partial charge in [0.1, 0.15) is 0 Å². The Balaban J connectivity index is 0.000000115. The Kier molecular flexibility index (Phi) is 3.75. The second kappa shape index (κ2) is 5.72. The molecule has 0 unspecified atom stereocenters. The van der Waals surface area contributed by atoms with Gasteiger partial charge in [-0.3, -0.25) is 9.59 Å². The molecular formula is C22H33NO3. The minimum atomic E-state index is -0.508. The van der Waals surface area contributed by atoms with Gasteiger partial charge < -0.3 is 10.8 Å². The number of carbonyl (C=O) groups is 2. The second-order valence-corrected chi connectivity index (χ2v) is 11.1. The SMILES string of the molecule is NC(=O)C12CC3CC(CC(C3)C1)C2.O=C(O)C12CC3CC(CC(C3)C1)C2. The molecule has 8 bridgehead atoms. The highest BCUT2D eigenvalue weighted by Crippen LogP contribution is 2.60. The number of carboxylic acid groups (broad SMARTS) is 1. The van der Waals surface area contributed by atoms with Gasteiger partial charge in [-0.15, -0.1) is 0 Å². The maximum Gasteiger partial charge on any atom is 0.309 e. The van der Waals surface area contributed by atoms with Crippen molar-refractivity contribution in [3.8, 4) is 0 Å². The maximum absolute atomic E-state index is 11.5. The minimum absolute atomic E-state index is 0.00778. The molecule has 8 saturated carbocycles. The zero-order chi connectivity index (χ0) is 18.1. The average Bonchev–Trinajstić information content (AvgIpc) is 2.52. The molecule has 8 aliphatic rings. The number of primary amides is 1. The Morgan fingerprint density at radius 3 is 1.12 bits per heavy atom. The molecule has 0 spiro atoms. The van der Waals surface area contributed by atoms with Crippen LogP contribution < -0.4 is 5.73 Å². The largest absolute Gasteiger partial charge is 0.481 e. The Morgan fingerprint density at radius 1 is 0.615 bits per heavy atom. The Morgan fingerprint density at radius 2 is 0.885 bits per heavy atom. The molecule has 4 heteroatoms. The number of hydrogen-bond acceptors (Lipinski definition) is 2. The van der Waals surface area contributed by atoms with Crippen molar-refractivity contribution in [2.45, 2.75) is 77.0 Å². The van der Waals surface area contributed by atoms with E-state index in [1.54, 1.807) is 0 Å². The van der Waals surface area contributed by atoms with E-state index >= 15 is 0 Å². The topological polar surface area (TPSA) is 80.4 Å². The summed E-state index contributed by atoms with van der Waals surface area (Å²) in [5.41, 5.74) is 5.21. The lowest BCUT2D eigenvalue weighted by atomic mass is 9.49. The molecule has 26 heavy (non-hydrogen) atoms. The predicted molar refractivity (Wildman–Crippen MR) is 98.0 cm³/mol. The average molecular weight is 360 g/mol. The van der Waals surface area contributed by atoms with Gasteiger partial charge in [0.15, 0.2) is 0 Å². The predicted octanol–water partition coefficient (Wildman–Crippen LogP) is 3.98. The first-order valence-electron chi connectivity index (χ1n) is 10.9. The molecule has 0 radical (unpaired) electrons. The molecule has 8 fully saturated rings. The van der Waals surface area contributed by atoms with Gasteiger partial charge in [-0.05, 0) is 113 Å². The molecule has 0 heterocycles. The first kappa shape index (κ1) is 17.1. The van der Waals surface area contributed by atoms with Crippen LogP contribution in [-0.2, 0) is 9.59 Å². The van der Waals surface area contributed by atoms with Gasteiger partial charge in [0.2, 0.25) is 5.91 Å². The van der Waals surface area contributed by atoms with Crippen LogP contribution in [-0.4, -0.2) is 17.0 Å². The van der Waals surface area contributed by atoms with Crippen molar-refractivity contribution in [3.63, 3.8) is 0 Å². The summed E-state index contributed by atoms with van der Waals surface area (Å²) in [4.78, 5) is 22.7. The summed E-state index contributed by atoms with van der Waals surface area (Å²) in [6.45, 7) is 0. The zero-order valence-electron chi connectivity index (χ0n) is 15.8. The van der Waals surface area contributed by atoms with E-state index in [0.29, 0.717) is 0 Å². The van der Waals surface area contributed by atoms with E-state index in [2.05, 4.69) is 0 Å². The third-order valence-electron chi connectivity index (χ3n) is 9.05. The molecular weight excluding hydrogens is 326 g/mol. The van der Waals surface area contributed by atoms with Crippen molar-refractivity contribution in [2.75, 3.05) is 0 Å². The molecule has 4 nitrogen and oxygen atoms in total. The van der Waals surface area contributed by atoms with E-state index in [-0.39, 0.29) is 16.7 Å². The van der Waals surface area contributed by atoms with E-state index in [1.807, 2.05) is 0 Å². The molecule has 144 valence electrons. The van der Waals surface area contributed by atoms with Gasteiger partial charge in [-0.25, -0.2) is 0 Å². The summed E-state index contributed by atoms with van der Waals surface area (Å²) in [6, 6.07) is 0. The lowest BCUT2D eigenvalue weighted by molar-refractivity contribution is -0.164. The van der Waals surface area contributed by atoms with E-state index in [4.69, 9.17) is 5.73 Å². The lowest BCUT2D eigenvalue weighted by Gasteiger charge is -2.55. The van der Waals surface area contributed by atoms with Gasteiger partial charge in [0, 0.05) is 5.41 Å². The summed E-state index contributed by atoms with van der Waals surface area (Å²) >= 11 is 0. The lowest BCUT2D eigenvalue weighted by Crippen LogP contribution is -2.52. The maximum atomic E-state index is 11.5. The fourth-order valence-electron chi connectivity index (χ4n) is 8.78. The zero-order valence-corrected chi connectivity index (χ0v) is 15.8. The van der Waals surface area contributed by atoms with Crippen molar-refractivity contribution >= 4 is 11.9 Å². The number of aliphatic carboxylic acids is 1. The Bertz CT molecular complexity index is 500. The van der Waals surface area contributed by atoms with E-state index < -0.39 is 5.97 Å².